The third-order valence-electron chi connectivity index (χ3n) is 5.33. The molecular formula is C23H29N5O7. The maximum atomic E-state index is 12.9. The summed E-state index contributed by atoms with van der Waals surface area (Å²) in [6, 6.07) is 5.02. The van der Waals surface area contributed by atoms with Crippen LogP contribution in [0.25, 0.3) is 0 Å². The maximum absolute atomic E-state index is 12.9. The second-order valence-electron chi connectivity index (χ2n) is 8.21. The second-order valence-corrected chi connectivity index (χ2v) is 8.21. The first-order chi connectivity index (χ1) is 16.7. The Hall–Kier alpha value is -3.93. The predicted molar refractivity (Wildman–Crippen MR) is 123 cm³/mol. The number of nitrogens with one attached hydrogen (secondary N) is 3. The number of nitrogens with zero attached hydrogens (tertiary/aromatic N) is 2. The highest BCUT2D eigenvalue weighted by atomic mass is 16.5. The van der Waals surface area contributed by atoms with Crippen molar-refractivity contribution in [3.05, 3.63) is 46.8 Å². The molecule has 2 atom stereocenters. The lowest BCUT2D eigenvalue weighted by molar-refractivity contribution is -0.125. The van der Waals surface area contributed by atoms with Crippen LogP contribution in [0.5, 0.6) is 5.75 Å². The number of aliphatic hydroxyl groups excluding tert-OH is 1. The van der Waals surface area contributed by atoms with Crippen molar-refractivity contribution < 1.29 is 33.5 Å². The van der Waals surface area contributed by atoms with E-state index in [-0.39, 0.29) is 44.0 Å². The Morgan fingerprint density at radius 1 is 1.17 bits per heavy atom. The zero-order valence-corrected chi connectivity index (χ0v) is 19.8. The van der Waals surface area contributed by atoms with Crippen molar-refractivity contribution in [1.82, 2.24) is 26.0 Å². The first-order valence-corrected chi connectivity index (χ1v) is 11.1. The van der Waals surface area contributed by atoms with Crippen LogP contribution in [-0.4, -0.2) is 83.7 Å². The number of amides is 4. The van der Waals surface area contributed by atoms with Gasteiger partial charge in [0.25, 0.3) is 11.8 Å². The van der Waals surface area contributed by atoms with Gasteiger partial charge in [-0.1, -0.05) is 11.2 Å². The van der Waals surface area contributed by atoms with Crippen LogP contribution in [-0.2, 0) is 9.59 Å². The molecule has 0 spiro atoms. The fraction of sp³-hybridized carbons (Fsp3) is 0.435. The van der Waals surface area contributed by atoms with E-state index in [4.69, 9.17) is 9.26 Å². The Labute approximate surface area is 202 Å². The maximum Gasteiger partial charge on any atom is 0.276 e. The average Bonchev–Trinajstić information content (AvgIpc) is 3.25. The lowest BCUT2D eigenvalue weighted by atomic mass is 10.1. The Bertz CT molecular complexity index is 1100. The molecule has 2 bridgehead atoms. The SMILES string of the molecule is Cc1cc(C(=O)N2CCNC(=O)[C@H]([C@@H](C)O)NC(=O)c3ccc(C)c(c3)OCCNC(=O)C2)no1. The number of ether oxygens (including phenoxy) is 1. The molecule has 2 heterocycles. The van der Waals surface area contributed by atoms with Gasteiger partial charge in [-0.3, -0.25) is 19.2 Å². The predicted octanol–water partition coefficient (Wildman–Crippen LogP) is -0.462. The van der Waals surface area contributed by atoms with E-state index < -0.39 is 35.8 Å². The zero-order chi connectivity index (χ0) is 25.5. The molecule has 0 fully saturated rings. The van der Waals surface area contributed by atoms with Crippen molar-refractivity contribution in [2.24, 2.45) is 0 Å². The summed E-state index contributed by atoms with van der Waals surface area (Å²) >= 11 is 0. The van der Waals surface area contributed by atoms with Crippen LogP contribution in [0.3, 0.4) is 0 Å². The molecule has 188 valence electrons. The van der Waals surface area contributed by atoms with Crippen molar-refractivity contribution >= 4 is 23.6 Å². The minimum absolute atomic E-state index is 0.0269. The molecule has 35 heavy (non-hydrogen) atoms. The number of aromatic nitrogens is 1. The summed E-state index contributed by atoms with van der Waals surface area (Å²) in [6.07, 6.45) is -1.19. The van der Waals surface area contributed by atoms with Gasteiger partial charge in [-0.25, -0.2) is 0 Å². The van der Waals surface area contributed by atoms with E-state index in [1.807, 2.05) is 0 Å². The monoisotopic (exact) mass is 487 g/mol. The smallest absolute Gasteiger partial charge is 0.276 e. The number of aliphatic hydroxyl groups is 1. The number of fused-ring (bicyclic) bond motifs is 2. The summed E-state index contributed by atoms with van der Waals surface area (Å²) in [5.41, 5.74) is 1.05. The molecule has 4 N–H and O–H groups in total. The van der Waals surface area contributed by atoms with Gasteiger partial charge in [0.1, 0.15) is 24.2 Å². The molecule has 12 heteroatoms. The van der Waals surface area contributed by atoms with Crippen LogP contribution < -0.4 is 20.7 Å². The van der Waals surface area contributed by atoms with Gasteiger partial charge < -0.3 is 35.2 Å². The van der Waals surface area contributed by atoms with Crippen LogP contribution in [0.15, 0.2) is 28.8 Å². The van der Waals surface area contributed by atoms with E-state index in [9.17, 15) is 24.3 Å². The van der Waals surface area contributed by atoms with Gasteiger partial charge in [-0.2, -0.15) is 0 Å². The molecule has 0 aliphatic carbocycles. The number of aryl methyl sites for hydroxylation is 2. The lowest BCUT2D eigenvalue weighted by Gasteiger charge is -2.23. The van der Waals surface area contributed by atoms with E-state index >= 15 is 0 Å². The standard InChI is InChI=1S/C23H29N5O7/c1-13-4-5-16-11-18(13)34-9-7-24-19(30)12-28(23(33)17-10-14(2)35-27-17)8-6-25-22(32)20(15(3)29)26-21(16)31/h4-5,10-11,15,20,29H,6-9,12H2,1-3H3,(H,24,30)(H,25,32)(H,26,31)/t15-,20+/m1/s1. The van der Waals surface area contributed by atoms with Crippen LogP contribution in [0, 0.1) is 13.8 Å². The Morgan fingerprint density at radius 2 is 1.94 bits per heavy atom. The zero-order valence-electron chi connectivity index (χ0n) is 19.8. The normalized spacial score (nSPS) is 19.0. The second kappa shape index (κ2) is 11.5. The molecule has 0 saturated heterocycles. The molecule has 1 aliphatic rings. The number of benzene rings is 1. The molecule has 1 aromatic carbocycles. The summed E-state index contributed by atoms with van der Waals surface area (Å²) < 4.78 is 10.7. The van der Waals surface area contributed by atoms with Gasteiger partial charge in [0.15, 0.2) is 5.69 Å². The van der Waals surface area contributed by atoms with E-state index in [0.29, 0.717) is 11.5 Å². The van der Waals surface area contributed by atoms with Crippen LogP contribution >= 0.6 is 0 Å². The molecule has 2 aromatic rings. The number of hydrogen-bond acceptors (Lipinski definition) is 8. The third kappa shape index (κ3) is 6.79. The van der Waals surface area contributed by atoms with E-state index in [2.05, 4.69) is 21.1 Å². The van der Waals surface area contributed by atoms with Crippen molar-refractivity contribution in [2.75, 3.05) is 32.8 Å². The van der Waals surface area contributed by atoms with Crippen molar-refractivity contribution in [3.8, 4) is 5.75 Å². The molecule has 1 aliphatic heterocycles. The van der Waals surface area contributed by atoms with E-state index in [0.717, 1.165) is 5.56 Å². The topological polar surface area (TPSA) is 163 Å². The van der Waals surface area contributed by atoms with Gasteiger partial charge in [-0.05, 0) is 38.5 Å². The molecule has 3 rings (SSSR count). The molecule has 0 radical (unpaired) electrons. The summed E-state index contributed by atoms with van der Waals surface area (Å²) in [4.78, 5) is 52.1. The molecule has 12 nitrogen and oxygen atoms in total. The Kier molecular flexibility index (Phi) is 8.42. The van der Waals surface area contributed by atoms with Crippen molar-refractivity contribution in [3.63, 3.8) is 0 Å². The largest absolute Gasteiger partial charge is 0.491 e. The van der Waals surface area contributed by atoms with Gasteiger partial charge in [0.2, 0.25) is 11.8 Å². The number of carbonyl (C=O) groups is 4. The van der Waals surface area contributed by atoms with Crippen LogP contribution in [0.1, 0.15) is 39.1 Å². The molecule has 0 saturated carbocycles. The molecular weight excluding hydrogens is 458 g/mol. The van der Waals surface area contributed by atoms with Crippen LogP contribution in [0.2, 0.25) is 0 Å². The number of carbonyl (C=O) groups excluding carboxylic acids is 4. The van der Waals surface area contributed by atoms with E-state index in [1.54, 1.807) is 26.0 Å². The third-order valence-corrected chi connectivity index (χ3v) is 5.33. The van der Waals surface area contributed by atoms with Gasteiger partial charge in [0.05, 0.1) is 19.2 Å². The first kappa shape index (κ1) is 25.7. The van der Waals surface area contributed by atoms with Crippen molar-refractivity contribution in [1.29, 1.82) is 0 Å². The molecule has 0 unspecified atom stereocenters. The number of rotatable bonds is 2. The highest BCUT2D eigenvalue weighted by Gasteiger charge is 2.27. The Balaban J connectivity index is 1.82. The highest BCUT2D eigenvalue weighted by molar-refractivity contribution is 5.98. The fourth-order valence-electron chi connectivity index (χ4n) is 3.41. The minimum Gasteiger partial charge on any atom is -0.491 e. The quantitative estimate of drug-likeness (QED) is 0.442. The van der Waals surface area contributed by atoms with Crippen molar-refractivity contribution in [2.45, 2.75) is 32.9 Å². The average molecular weight is 488 g/mol. The Morgan fingerprint density at radius 3 is 2.63 bits per heavy atom. The van der Waals surface area contributed by atoms with E-state index in [1.165, 1.54) is 24.0 Å². The van der Waals surface area contributed by atoms with Gasteiger partial charge in [-0.15, -0.1) is 0 Å². The molecule has 1 aromatic heterocycles. The van der Waals surface area contributed by atoms with Gasteiger partial charge >= 0.3 is 0 Å². The lowest BCUT2D eigenvalue weighted by Crippen LogP contribution is -2.53. The molecule has 4 amide bonds. The summed E-state index contributed by atoms with van der Waals surface area (Å²) in [5.74, 6) is -1.31. The van der Waals surface area contributed by atoms with Gasteiger partial charge in [0, 0.05) is 24.7 Å². The summed E-state index contributed by atoms with van der Waals surface area (Å²) in [7, 11) is 0. The highest BCUT2D eigenvalue weighted by Crippen LogP contribution is 2.20. The summed E-state index contributed by atoms with van der Waals surface area (Å²) in [6.45, 7) is 4.77. The van der Waals surface area contributed by atoms with Crippen LogP contribution in [0.4, 0.5) is 0 Å². The fourth-order valence-corrected chi connectivity index (χ4v) is 3.41. The number of hydrogen-bond donors (Lipinski definition) is 4. The summed E-state index contributed by atoms with van der Waals surface area (Å²) in [5, 5.41) is 21.6. The minimum atomic E-state index is -1.24. The first-order valence-electron chi connectivity index (χ1n) is 11.1.